The van der Waals surface area contributed by atoms with Gasteiger partial charge in [0.25, 0.3) is 0 Å². The van der Waals surface area contributed by atoms with Crippen molar-refractivity contribution in [1.29, 1.82) is 0 Å². The van der Waals surface area contributed by atoms with Crippen molar-refractivity contribution in [1.82, 2.24) is 5.32 Å². The number of nitrogens with one attached hydrogen (secondary N) is 1. The van der Waals surface area contributed by atoms with E-state index in [4.69, 9.17) is 0 Å². The molecule has 1 fully saturated rings. The number of rotatable bonds is 2. The molecule has 1 aliphatic heterocycles. The Morgan fingerprint density at radius 2 is 2.11 bits per heavy atom. The summed E-state index contributed by atoms with van der Waals surface area (Å²) < 4.78 is 1.16. The lowest BCUT2D eigenvalue weighted by Crippen LogP contribution is -2.57. The molecule has 3 heteroatoms. The van der Waals surface area contributed by atoms with Crippen molar-refractivity contribution in [3.63, 3.8) is 0 Å². The van der Waals surface area contributed by atoms with Crippen molar-refractivity contribution < 1.29 is 0 Å². The minimum atomic E-state index is 0.549. The fraction of sp³-hybridized carbons (Fsp3) is 0.600. The fourth-order valence-corrected chi connectivity index (χ4v) is 2.91. The van der Waals surface area contributed by atoms with Gasteiger partial charge in [-0.25, -0.2) is 0 Å². The smallest absolute Gasteiger partial charge is 0.0410 e. The van der Waals surface area contributed by atoms with E-state index < -0.39 is 0 Å². The molecule has 1 saturated heterocycles. The summed E-state index contributed by atoms with van der Waals surface area (Å²) in [4.78, 5) is 2.54. The molecule has 100 valence electrons. The molecule has 2 unspecified atom stereocenters. The molecule has 0 amide bonds. The third-order valence-corrected chi connectivity index (χ3v) is 4.38. The summed E-state index contributed by atoms with van der Waals surface area (Å²) in [6, 6.07) is 7.69. The Morgan fingerprint density at radius 3 is 2.78 bits per heavy atom. The average Bonchev–Trinajstić information content (AvgIpc) is 2.33. The molecular weight excluding hydrogens is 288 g/mol. The zero-order valence-corrected chi connectivity index (χ0v) is 13.3. The maximum atomic E-state index is 3.65. The highest BCUT2D eigenvalue weighted by atomic mass is 79.9. The number of aryl methyl sites for hydroxylation is 1. The Balaban J connectivity index is 2.26. The summed E-state index contributed by atoms with van der Waals surface area (Å²) in [5, 5.41) is 3.65. The van der Waals surface area contributed by atoms with Crippen LogP contribution in [0.2, 0.25) is 0 Å². The topological polar surface area (TPSA) is 15.3 Å². The summed E-state index contributed by atoms with van der Waals surface area (Å²) in [7, 11) is 0. The van der Waals surface area contributed by atoms with Crippen LogP contribution in [0.4, 0.5) is 5.69 Å². The van der Waals surface area contributed by atoms with Crippen LogP contribution < -0.4 is 10.2 Å². The quantitative estimate of drug-likeness (QED) is 0.898. The van der Waals surface area contributed by atoms with Gasteiger partial charge in [0, 0.05) is 35.3 Å². The first-order chi connectivity index (χ1) is 8.49. The molecule has 0 spiro atoms. The first kappa shape index (κ1) is 13.9. The first-order valence-electron chi connectivity index (χ1n) is 6.75. The molecule has 2 rings (SSSR count). The van der Waals surface area contributed by atoms with E-state index in [1.54, 1.807) is 0 Å². The number of piperazine rings is 1. The van der Waals surface area contributed by atoms with Crippen LogP contribution in [0, 0.1) is 12.8 Å². The maximum absolute atomic E-state index is 3.65. The van der Waals surface area contributed by atoms with Gasteiger partial charge in [-0.05, 0) is 37.5 Å². The Labute approximate surface area is 119 Å². The largest absolute Gasteiger partial charge is 0.366 e. The number of nitrogens with zero attached hydrogens (tertiary/aromatic N) is 1. The van der Waals surface area contributed by atoms with Crippen molar-refractivity contribution in [2.24, 2.45) is 5.92 Å². The van der Waals surface area contributed by atoms with Gasteiger partial charge in [-0.15, -0.1) is 0 Å². The number of halogens is 1. The second kappa shape index (κ2) is 5.62. The van der Waals surface area contributed by atoms with Gasteiger partial charge >= 0.3 is 0 Å². The number of anilines is 1. The molecule has 0 aliphatic carbocycles. The monoisotopic (exact) mass is 310 g/mol. The van der Waals surface area contributed by atoms with Gasteiger partial charge in [0.05, 0.1) is 0 Å². The average molecular weight is 311 g/mol. The van der Waals surface area contributed by atoms with Crippen LogP contribution in [0.15, 0.2) is 22.7 Å². The van der Waals surface area contributed by atoms with Gasteiger partial charge in [-0.1, -0.05) is 35.8 Å². The van der Waals surface area contributed by atoms with Crippen molar-refractivity contribution >= 4 is 21.6 Å². The highest BCUT2D eigenvalue weighted by molar-refractivity contribution is 9.10. The molecule has 2 nitrogen and oxygen atoms in total. The summed E-state index contributed by atoms with van der Waals surface area (Å²) in [6.45, 7) is 11.2. The lowest BCUT2D eigenvalue weighted by Gasteiger charge is -2.42. The van der Waals surface area contributed by atoms with E-state index in [1.807, 2.05) is 0 Å². The molecule has 0 bridgehead atoms. The second-order valence-electron chi connectivity index (χ2n) is 5.69. The minimum absolute atomic E-state index is 0.549. The molecule has 0 radical (unpaired) electrons. The molecular formula is C15H23BrN2. The Kier molecular flexibility index (Phi) is 4.33. The number of benzene rings is 1. The predicted molar refractivity (Wildman–Crippen MR) is 82.3 cm³/mol. The normalized spacial score (nSPS) is 24.7. The molecule has 2 atom stereocenters. The van der Waals surface area contributed by atoms with Crippen LogP contribution in [-0.4, -0.2) is 25.2 Å². The molecule has 0 saturated carbocycles. The summed E-state index contributed by atoms with van der Waals surface area (Å²) in [5.74, 6) is 0.674. The van der Waals surface area contributed by atoms with Crippen molar-refractivity contribution in [2.45, 2.75) is 39.8 Å². The standard InChI is InChI=1S/C15H23BrN2/c1-10(2)14-9-18(12(4)8-17-14)15-7-13(16)6-5-11(15)3/h5-7,10,12,14,17H,8-9H2,1-4H3. The third kappa shape index (κ3) is 2.89. The highest BCUT2D eigenvalue weighted by Gasteiger charge is 2.27. The Bertz CT molecular complexity index is 417. The first-order valence-corrected chi connectivity index (χ1v) is 7.54. The molecule has 1 aliphatic rings. The van der Waals surface area contributed by atoms with Gasteiger partial charge in [0.2, 0.25) is 0 Å². The molecule has 1 aromatic rings. The van der Waals surface area contributed by atoms with E-state index in [0.29, 0.717) is 18.0 Å². The fourth-order valence-electron chi connectivity index (χ4n) is 2.56. The van der Waals surface area contributed by atoms with Gasteiger partial charge in [-0.3, -0.25) is 0 Å². The van der Waals surface area contributed by atoms with Crippen molar-refractivity contribution in [2.75, 3.05) is 18.0 Å². The Morgan fingerprint density at radius 1 is 1.39 bits per heavy atom. The van der Waals surface area contributed by atoms with Crippen LogP contribution in [0.3, 0.4) is 0 Å². The third-order valence-electron chi connectivity index (χ3n) is 3.89. The van der Waals surface area contributed by atoms with Crippen molar-refractivity contribution in [3.8, 4) is 0 Å². The maximum Gasteiger partial charge on any atom is 0.0410 e. The minimum Gasteiger partial charge on any atom is -0.366 e. The van der Waals surface area contributed by atoms with Crippen molar-refractivity contribution in [3.05, 3.63) is 28.2 Å². The zero-order valence-electron chi connectivity index (χ0n) is 11.7. The zero-order chi connectivity index (χ0) is 13.3. The van der Waals surface area contributed by atoms with Crippen LogP contribution in [0.1, 0.15) is 26.3 Å². The summed E-state index contributed by atoms with van der Waals surface area (Å²) in [5.41, 5.74) is 2.72. The summed E-state index contributed by atoms with van der Waals surface area (Å²) >= 11 is 3.58. The van der Waals surface area contributed by atoms with Gasteiger partial charge in [0.1, 0.15) is 0 Å². The SMILES string of the molecule is Cc1ccc(Br)cc1N1CC(C(C)C)NCC1C. The van der Waals surface area contributed by atoms with Crippen LogP contribution in [0.5, 0.6) is 0 Å². The van der Waals surface area contributed by atoms with Crippen LogP contribution in [-0.2, 0) is 0 Å². The molecule has 18 heavy (non-hydrogen) atoms. The van der Waals surface area contributed by atoms with Gasteiger partial charge < -0.3 is 10.2 Å². The second-order valence-corrected chi connectivity index (χ2v) is 6.61. The van der Waals surface area contributed by atoms with E-state index in [-0.39, 0.29) is 0 Å². The lowest BCUT2D eigenvalue weighted by atomic mass is 9.98. The van der Waals surface area contributed by atoms with Crippen LogP contribution >= 0.6 is 15.9 Å². The van der Waals surface area contributed by atoms with E-state index in [2.05, 4.69) is 72.0 Å². The lowest BCUT2D eigenvalue weighted by molar-refractivity contribution is 0.336. The van der Waals surface area contributed by atoms with E-state index in [0.717, 1.165) is 17.6 Å². The van der Waals surface area contributed by atoms with Gasteiger partial charge in [-0.2, -0.15) is 0 Å². The number of hydrogen-bond donors (Lipinski definition) is 1. The Hall–Kier alpha value is -0.540. The van der Waals surface area contributed by atoms with Crippen LogP contribution in [0.25, 0.3) is 0 Å². The van der Waals surface area contributed by atoms with Gasteiger partial charge in [0.15, 0.2) is 0 Å². The predicted octanol–water partition coefficient (Wildman–Crippen LogP) is 3.58. The van der Waals surface area contributed by atoms with E-state index in [9.17, 15) is 0 Å². The molecule has 1 heterocycles. The molecule has 1 aromatic carbocycles. The molecule has 1 N–H and O–H groups in total. The summed E-state index contributed by atoms with van der Waals surface area (Å²) in [6.07, 6.45) is 0. The van der Waals surface area contributed by atoms with E-state index in [1.165, 1.54) is 11.3 Å². The molecule has 0 aromatic heterocycles. The highest BCUT2D eigenvalue weighted by Crippen LogP contribution is 2.28. The number of hydrogen-bond acceptors (Lipinski definition) is 2. The van der Waals surface area contributed by atoms with E-state index >= 15 is 0 Å².